The van der Waals surface area contributed by atoms with E-state index in [1.807, 2.05) is 25.3 Å². The lowest BCUT2D eigenvalue weighted by Gasteiger charge is -2.04. The van der Waals surface area contributed by atoms with E-state index in [4.69, 9.17) is 0 Å². The Balaban J connectivity index is 2.07. The molecule has 2 aromatic rings. The summed E-state index contributed by atoms with van der Waals surface area (Å²) in [6.45, 7) is 7.79. The third-order valence-corrected chi connectivity index (χ3v) is 3.66. The summed E-state index contributed by atoms with van der Waals surface area (Å²) in [6.07, 6.45) is 12.3. The van der Waals surface area contributed by atoms with Crippen LogP contribution in [-0.4, -0.2) is 6.21 Å². The lowest BCUT2D eigenvalue weighted by atomic mass is 10.1. The zero-order valence-corrected chi connectivity index (χ0v) is 14.2. The van der Waals surface area contributed by atoms with Crippen LogP contribution < -0.4 is 4.57 Å². The summed E-state index contributed by atoms with van der Waals surface area (Å²) in [7, 11) is 0. The van der Waals surface area contributed by atoms with Gasteiger partial charge in [0.05, 0.1) is 6.54 Å². The molecule has 2 nitrogen and oxygen atoms in total. The first kappa shape index (κ1) is 16.9. The number of hydrogen-bond donors (Lipinski definition) is 0. The fourth-order valence-corrected chi connectivity index (χ4v) is 2.34. The minimum absolute atomic E-state index is 0.711. The first-order valence-electron chi connectivity index (χ1n) is 8.01. The number of benzene rings is 1. The van der Waals surface area contributed by atoms with Gasteiger partial charge >= 0.3 is 0 Å². The van der Waals surface area contributed by atoms with Crippen LogP contribution in [0, 0.1) is 6.92 Å². The Labute approximate surface area is 139 Å². The maximum atomic E-state index is 4.54. The van der Waals surface area contributed by atoms with Crippen LogP contribution in [0.15, 0.2) is 77.6 Å². The predicted octanol–water partition coefficient (Wildman–Crippen LogP) is 4.42. The average Bonchev–Trinajstić information content (AvgIpc) is 2.55. The third kappa shape index (κ3) is 5.67. The van der Waals surface area contributed by atoms with Crippen molar-refractivity contribution >= 4 is 6.21 Å². The highest BCUT2D eigenvalue weighted by Gasteiger charge is 2.06. The van der Waals surface area contributed by atoms with Gasteiger partial charge in [0.1, 0.15) is 0 Å². The van der Waals surface area contributed by atoms with Crippen molar-refractivity contribution in [3.05, 3.63) is 89.3 Å². The van der Waals surface area contributed by atoms with Crippen LogP contribution >= 0.6 is 0 Å². The van der Waals surface area contributed by atoms with Crippen molar-refractivity contribution in [1.29, 1.82) is 0 Å². The maximum Gasteiger partial charge on any atom is 0.174 e. The standard InChI is InChI=1S/C21H25N2/c1-4-7-18(2)10-13-22-16-20-8-5-6-9-21(20)17-23-14-11-19(3)12-15-23/h4-15H,16-17H2,1-3H3/q+1/b7-4-,18-10-,22-13+. The number of hydrogen-bond acceptors (Lipinski definition) is 1. The minimum Gasteiger partial charge on any atom is -0.288 e. The van der Waals surface area contributed by atoms with Crippen LogP contribution in [0.1, 0.15) is 30.5 Å². The summed E-state index contributed by atoms with van der Waals surface area (Å²) in [5.74, 6) is 0. The number of nitrogens with zero attached hydrogens (tertiary/aromatic N) is 2. The molecule has 0 aliphatic heterocycles. The van der Waals surface area contributed by atoms with Crippen molar-refractivity contribution in [1.82, 2.24) is 0 Å². The van der Waals surface area contributed by atoms with Crippen molar-refractivity contribution in [3.8, 4) is 0 Å². The van der Waals surface area contributed by atoms with Gasteiger partial charge in [-0.3, -0.25) is 4.99 Å². The van der Waals surface area contributed by atoms with Crippen molar-refractivity contribution in [3.63, 3.8) is 0 Å². The summed E-state index contributed by atoms with van der Waals surface area (Å²) in [4.78, 5) is 4.54. The van der Waals surface area contributed by atoms with Crippen LogP contribution in [-0.2, 0) is 13.1 Å². The molecular formula is C21H25N2+. The summed E-state index contributed by atoms with van der Waals surface area (Å²) < 4.78 is 2.20. The molecule has 0 fully saturated rings. The summed E-state index contributed by atoms with van der Waals surface area (Å²) in [6, 6.07) is 12.8. The lowest BCUT2D eigenvalue weighted by molar-refractivity contribution is -0.688. The van der Waals surface area contributed by atoms with E-state index in [-0.39, 0.29) is 0 Å². The Morgan fingerprint density at radius 1 is 1.09 bits per heavy atom. The van der Waals surface area contributed by atoms with E-state index in [0.29, 0.717) is 6.54 Å². The van der Waals surface area contributed by atoms with E-state index < -0.39 is 0 Å². The molecule has 0 amide bonds. The van der Waals surface area contributed by atoms with Gasteiger partial charge in [0.15, 0.2) is 18.9 Å². The molecule has 0 aliphatic rings. The normalized spacial score (nSPS) is 12.4. The number of aryl methyl sites for hydroxylation is 1. The van der Waals surface area contributed by atoms with Crippen LogP contribution in [0.25, 0.3) is 0 Å². The number of rotatable bonds is 6. The molecule has 0 radical (unpaired) electrons. The van der Waals surface area contributed by atoms with Gasteiger partial charge in [0, 0.05) is 23.9 Å². The van der Waals surface area contributed by atoms with E-state index in [2.05, 4.69) is 78.3 Å². The molecule has 0 saturated heterocycles. The predicted molar refractivity (Wildman–Crippen MR) is 97.7 cm³/mol. The first-order valence-corrected chi connectivity index (χ1v) is 8.01. The van der Waals surface area contributed by atoms with Crippen LogP contribution in [0.5, 0.6) is 0 Å². The number of allylic oxidation sites excluding steroid dienone is 4. The summed E-state index contributed by atoms with van der Waals surface area (Å²) >= 11 is 0. The molecular weight excluding hydrogens is 280 g/mol. The van der Waals surface area contributed by atoms with Crippen molar-refractivity contribution in [2.24, 2.45) is 4.99 Å². The molecule has 0 unspecified atom stereocenters. The van der Waals surface area contributed by atoms with Crippen molar-refractivity contribution < 1.29 is 4.57 Å². The second kappa shape index (κ2) is 8.84. The van der Waals surface area contributed by atoms with Gasteiger partial charge in [0.2, 0.25) is 0 Å². The van der Waals surface area contributed by atoms with Crippen LogP contribution in [0.2, 0.25) is 0 Å². The van der Waals surface area contributed by atoms with E-state index in [9.17, 15) is 0 Å². The largest absolute Gasteiger partial charge is 0.288 e. The molecule has 0 saturated carbocycles. The van der Waals surface area contributed by atoms with Gasteiger partial charge in [0.25, 0.3) is 0 Å². The quantitative estimate of drug-likeness (QED) is 0.427. The highest BCUT2D eigenvalue weighted by Crippen LogP contribution is 2.10. The monoisotopic (exact) mass is 305 g/mol. The second-order valence-electron chi connectivity index (χ2n) is 5.72. The fraction of sp³-hybridized carbons (Fsp3) is 0.238. The number of aromatic nitrogens is 1. The van der Waals surface area contributed by atoms with E-state index in [0.717, 1.165) is 6.54 Å². The van der Waals surface area contributed by atoms with Crippen LogP contribution in [0.4, 0.5) is 0 Å². The smallest absolute Gasteiger partial charge is 0.174 e. The highest BCUT2D eigenvalue weighted by atomic mass is 14.9. The Kier molecular flexibility index (Phi) is 6.49. The molecule has 2 heteroatoms. The summed E-state index contributed by atoms with van der Waals surface area (Å²) in [5.41, 5.74) is 5.07. The Morgan fingerprint density at radius 2 is 1.78 bits per heavy atom. The SMILES string of the molecule is C\C=C/C(C)=C\C=N\Cc1ccccc1C[n+]1ccc(C)cc1. The topological polar surface area (TPSA) is 16.2 Å². The van der Waals surface area contributed by atoms with E-state index in [1.54, 1.807) is 0 Å². The van der Waals surface area contributed by atoms with Crippen LogP contribution in [0.3, 0.4) is 0 Å². The number of aliphatic imine (C=N–C) groups is 1. The van der Waals surface area contributed by atoms with E-state index in [1.165, 1.54) is 22.3 Å². The Bertz CT molecular complexity index is 707. The van der Waals surface area contributed by atoms with Gasteiger partial charge in [-0.1, -0.05) is 36.4 Å². The second-order valence-corrected chi connectivity index (χ2v) is 5.72. The average molecular weight is 305 g/mol. The van der Waals surface area contributed by atoms with Gasteiger partial charge in [-0.05, 0) is 43.5 Å². The molecule has 1 aromatic carbocycles. The molecule has 118 valence electrons. The number of pyridine rings is 1. The highest BCUT2D eigenvalue weighted by molar-refractivity contribution is 5.72. The van der Waals surface area contributed by atoms with Crippen molar-refractivity contribution in [2.45, 2.75) is 33.9 Å². The van der Waals surface area contributed by atoms with Gasteiger partial charge in [-0.25, -0.2) is 4.57 Å². The molecule has 0 aliphatic carbocycles. The van der Waals surface area contributed by atoms with Gasteiger partial charge in [-0.15, -0.1) is 0 Å². The molecule has 0 N–H and O–H groups in total. The van der Waals surface area contributed by atoms with Gasteiger partial charge in [-0.2, -0.15) is 0 Å². The fourth-order valence-electron chi connectivity index (χ4n) is 2.34. The van der Waals surface area contributed by atoms with Crippen molar-refractivity contribution in [2.75, 3.05) is 0 Å². The maximum absolute atomic E-state index is 4.54. The first-order chi connectivity index (χ1) is 11.2. The summed E-state index contributed by atoms with van der Waals surface area (Å²) in [5, 5.41) is 0. The molecule has 1 aromatic heterocycles. The third-order valence-electron chi connectivity index (χ3n) is 3.66. The zero-order valence-electron chi connectivity index (χ0n) is 14.2. The lowest BCUT2D eigenvalue weighted by Crippen LogP contribution is -2.33. The Morgan fingerprint density at radius 3 is 2.48 bits per heavy atom. The molecule has 1 heterocycles. The molecule has 0 atom stereocenters. The molecule has 0 bridgehead atoms. The Hall–Kier alpha value is -2.48. The van der Waals surface area contributed by atoms with E-state index >= 15 is 0 Å². The molecule has 23 heavy (non-hydrogen) atoms. The molecule has 2 rings (SSSR count). The minimum atomic E-state index is 0.711. The van der Waals surface area contributed by atoms with Gasteiger partial charge < -0.3 is 0 Å². The molecule has 0 spiro atoms. The zero-order chi connectivity index (χ0) is 16.5.